The summed E-state index contributed by atoms with van der Waals surface area (Å²) in [6, 6.07) is 1.25. The maximum Gasteiger partial charge on any atom is 0.304 e. The van der Waals surface area contributed by atoms with Crippen molar-refractivity contribution in [3.63, 3.8) is 0 Å². The molecule has 2 rings (SSSR count). The van der Waals surface area contributed by atoms with Crippen LogP contribution in [0.25, 0.3) is 0 Å². The van der Waals surface area contributed by atoms with Crippen LogP contribution in [0.5, 0.6) is 5.75 Å². The molecular weight excluding hydrogens is 298 g/mol. The largest absolute Gasteiger partial charge is 0.504 e. The quantitative estimate of drug-likeness (QED) is 0.844. The molecule has 0 unspecified atom stereocenters. The minimum absolute atomic E-state index is 0.0158. The Kier molecular flexibility index (Phi) is 2.85. The highest BCUT2D eigenvalue weighted by atomic mass is 79.9. The van der Waals surface area contributed by atoms with Gasteiger partial charge >= 0.3 is 5.97 Å². The van der Waals surface area contributed by atoms with Crippen molar-refractivity contribution in [1.29, 1.82) is 0 Å². The van der Waals surface area contributed by atoms with Crippen molar-refractivity contribution in [2.75, 3.05) is 0 Å². The molecule has 3 nitrogen and oxygen atoms in total. The van der Waals surface area contributed by atoms with Gasteiger partial charge in [0.25, 0.3) is 0 Å². The summed E-state index contributed by atoms with van der Waals surface area (Å²) in [4.78, 5) is 10.7. The van der Waals surface area contributed by atoms with Crippen molar-refractivity contribution in [3.05, 3.63) is 27.7 Å². The average molecular weight is 307 g/mol. The monoisotopic (exact) mass is 306 g/mol. The molecule has 0 amide bonds. The number of hydrogen-bond acceptors (Lipinski definition) is 2. The molecular formula is C11H9BrF2O3. The van der Waals surface area contributed by atoms with Crippen molar-refractivity contribution < 1.29 is 23.8 Å². The number of aliphatic carboxylic acids is 1. The smallest absolute Gasteiger partial charge is 0.304 e. The lowest BCUT2D eigenvalue weighted by Crippen LogP contribution is -2.15. The van der Waals surface area contributed by atoms with E-state index in [0.717, 1.165) is 0 Å². The zero-order valence-electron chi connectivity index (χ0n) is 8.64. The number of rotatable bonds is 3. The van der Waals surface area contributed by atoms with Gasteiger partial charge in [-0.3, -0.25) is 4.79 Å². The molecule has 92 valence electrons. The summed E-state index contributed by atoms with van der Waals surface area (Å²) >= 11 is 2.91. The highest BCUT2D eigenvalue weighted by molar-refractivity contribution is 9.10. The Bertz CT molecular complexity index is 498. The zero-order valence-corrected chi connectivity index (χ0v) is 10.2. The fourth-order valence-corrected chi connectivity index (χ4v) is 2.36. The van der Waals surface area contributed by atoms with Gasteiger partial charge in [0.15, 0.2) is 11.6 Å². The van der Waals surface area contributed by atoms with Crippen LogP contribution in [0.4, 0.5) is 8.78 Å². The number of phenols is 1. The van der Waals surface area contributed by atoms with Gasteiger partial charge in [0.1, 0.15) is 0 Å². The van der Waals surface area contributed by atoms with Crippen LogP contribution in [0.15, 0.2) is 10.5 Å². The summed E-state index contributed by atoms with van der Waals surface area (Å²) < 4.78 is 27.1. The third kappa shape index (κ3) is 2.01. The van der Waals surface area contributed by atoms with E-state index in [4.69, 9.17) is 5.11 Å². The number of halogens is 3. The number of hydrogen-bond donors (Lipinski definition) is 2. The molecule has 0 bridgehead atoms. The van der Waals surface area contributed by atoms with Crippen LogP contribution in [-0.2, 0) is 10.2 Å². The Labute approximate surface area is 104 Å². The van der Waals surface area contributed by atoms with Gasteiger partial charge in [0, 0.05) is 5.41 Å². The summed E-state index contributed by atoms with van der Waals surface area (Å²) in [5, 5.41) is 18.0. The molecule has 0 saturated heterocycles. The third-order valence-electron chi connectivity index (χ3n) is 3.05. The Balaban J connectivity index is 2.50. The van der Waals surface area contributed by atoms with Gasteiger partial charge < -0.3 is 10.2 Å². The van der Waals surface area contributed by atoms with Gasteiger partial charge in [-0.1, -0.05) is 0 Å². The molecule has 1 aromatic rings. The molecule has 1 fully saturated rings. The summed E-state index contributed by atoms with van der Waals surface area (Å²) in [5.41, 5.74) is -0.811. The van der Waals surface area contributed by atoms with Crippen LogP contribution >= 0.6 is 15.9 Å². The van der Waals surface area contributed by atoms with E-state index in [2.05, 4.69) is 15.9 Å². The molecule has 17 heavy (non-hydrogen) atoms. The van der Waals surface area contributed by atoms with Crippen LogP contribution < -0.4 is 0 Å². The van der Waals surface area contributed by atoms with Crippen LogP contribution in [0, 0.1) is 11.6 Å². The Morgan fingerprint density at radius 1 is 1.41 bits per heavy atom. The van der Waals surface area contributed by atoms with Crippen molar-refractivity contribution in [1.82, 2.24) is 0 Å². The molecule has 1 aromatic carbocycles. The van der Waals surface area contributed by atoms with Crippen molar-refractivity contribution in [2.24, 2.45) is 0 Å². The van der Waals surface area contributed by atoms with E-state index in [1.807, 2.05) is 0 Å². The van der Waals surface area contributed by atoms with Crippen LogP contribution in [0.2, 0.25) is 0 Å². The zero-order chi connectivity index (χ0) is 12.8. The first-order valence-electron chi connectivity index (χ1n) is 4.96. The van der Waals surface area contributed by atoms with E-state index in [1.165, 1.54) is 6.07 Å². The van der Waals surface area contributed by atoms with E-state index in [0.29, 0.717) is 12.8 Å². The van der Waals surface area contributed by atoms with Gasteiger partial charge in [0.05, 0.1) is 10.9 Å². The number of carboxylic acid groups (broad SMARTS) is 1. The molecule has 0 radical (unpaired) electrons. The van der Waals surface area contributed by atoms with Gasteiger partial charge in [-0.15, -0.1) is 0 Å². The van der Waals surface area contributed by atoms with Crippen molar-refractivity contribution in [2.45, 2.75) is 24.7 Å². The fourth-order valence-electron chi connectivity index (χ4n) is 1.95. The molecule has 0 atom stereocenters. The van der Waals surface area contributed by atoms with Crippen LogP contribution in [0.3, 0.4) is 0 Å². The van der Waals surface area contributed by atoms with E-state index >= 15 is 0 Å². The van der Waals surface area contributed by atoms with Crippen molar-refractivity contribution >= 4 is 21.9 Å². The van der Waals surface area contributed by atoms with E-state index in [-0.39, 0.29) is 16.5 Å². The van der Waals surface area contributed by atoms with Gasteiger partial charge in [-0.05, 0) is 40.4 Å². The Hall–Kier alpha value is -1.17. The van der Waals surface area contributed by atoms with Crippen LogP contribution in [0.1, 0.15) is 24.8 Å². The molecule has 0 aromatic heterocycles. The number of carbonyl (C=O) groups is 1. The Morgan fingerprint density at radius 2 is 2.00 bits per heavy atom. The number of phenolic OH excluding ortho intramolecular Hbond substituents is 1. The summed E-state index contributed by atoms with van der Waals surface area (Å²) in [6.07, 6.45) is 0.778. The molecule has 0 spiro atoms. The SMILES string of the molecule is O=C(O)CC1(c2cc(Br)c(O)c(F)c2F)CC1. The molecule has 1 aliphatic carbocycles. The standard InChI is InChI=1S/C11H9BrF2O3/c12-6-3-5(8(13)9(14)10(6)17)11(1-2-11)4-7(15)16/h3,17H,1-2,4H2,(H,15,16). The molecule has 2 N–H and O–H groups in total. The molecule has 1 aliphatic rings. The average Bonchev–Trinajstić information content (AvgIpc) is 3.00. The predicted molar refractivity (Wildman–Crippen MR) is 58.9 cm³/mol. The molecule has 0 heterocycles. The van der Waals surface area contributed by atoms with Gasteiger partial charge in [-0.2, -0.15) is 4.39 Å². The fraction of sp³-hybridized carbons (Fsp3) is 0.364. The minimum atomic E-state index is -1.34. The second-order valence-electron chi connectivity index (χ2n) is 4.23. The highest BCUT2D eigenvalue weighted by Gasteiger charge is 2.48. The van der Waals surface area contributed by atoms with Crippen LogP contribution in [-0.4, -0.2) is 16.2 Å². The summed E-state index contributed by atoms with van der Waals surface area (Å²) in [5.74, 6) is -4.35. The van der Waals surface area contributed by atoms with Gasteiger partial charge in [-0.25, -0.2) is 4.39 Å². The first kappa shape index (κ1) is 12.3. The number of carboxylic acids is 1. The first-order valence-corrected chi connectivity index (χ1v) is 5.75. The second kappa shape index (κ2) is 3.94. The highest BCUT2D eigenvalue weighted by Crippen LogP contribution is 2.53. The first-order chi connectivity index (χ1) is 7.87. The maximum absolute atomic E-state index is 13.7. The third-order valence-corrected chi connectivity index (χ3v) is 3.65. The summed E-state index contributed by atoms with van der Waals surface area (Å²) in [6.45, 7) is 0. The number of benzene rings is 1. The predicted octanol–water partition coefficient (Wildman–Crippen LogP) is 2.94. The molecule has 0 aliphatic heterocycles. The minimum Gasteiger partial charge on any atom is -0.504 e. The summed E-state index contributed by atoms with van der Waals surface area (Å²) in [7, 11) is 0. The van der Waals surface area contributed by atoms with E-state index in [1.54, 1.807) is 0 Å². The molecule has 6 heteroatoms. The second-order valence-corrected chi connectivity index (χ2v) is 5.09. The lowest BCUT2D eigenvalue weighted by Gasteiger charge is -2.15. The lowest BCUT2D eigenvalue weighted by atomic mass is 9.91. The normalized spacial score (nSPS) is 16.9. The van der Waals surface area contributed by atoms with Gasteiger partial charge in [0.2, 0.25) is 5.82 Å². The Morgan fingerprint density at radius 3 is 2.47 bits per heavy atom. The number of aromatic hydroxyl groups is 1. The maximum atomic E-state index is 13.7. The van der Waals surface area contributed by atoms with E-state index < -0.39 is 28.8 Å². The molecule has 1 saturated carbocycles. The van der Waals surface area contributed by atoms with Crippen molar-refractivity contribution in [3.8, 4) is 5.75 Å². The lowest BCUT2D eigenvalue weighted by molar-refractivity contribution is -0.137. The van der Waals surface area contributed by atoms with E-state index in [9.17, 15) is 18.7 Å². The topological polar surface area (TPSA) is 57.5 Å².